The predicted octanol–water partition coefficient (Wildman–Crippen LogP) is 3.18. The fourth-order valence-electron chi connectivity index (χ4n) is 5.38. The van der Waals surface area contributed by atoms with Gasteiger partial charge in [-0.3, -0.25) is 14.4 Å². The number of hydrogen-bond acceptors (Lipinski definition) is 6. The molecule has 0 spiro atoms. The molecule has 1 aromatic heterocycles. The number of nitrogens with zero attached hydrogens (tertiary/aromatic N) is 2. The topological polar surface area (TPSA) is 151 Å². The van der Waals surface area contributed by atoms with Crippen LogP contribution in [0.4, 0.5) is 0 Å². The maximum Gasteiger partial charge on any atom is 0.245 e. The van der Waals surface area contributed by atoms with Crippen molar-refractivity contribution in [1.82, 2.24) is 25.5 Å². The minimum Gasteiger partial charge on any atom is -0.394 e. The number of aliphatic hydroxyl groups is 1. The van der Waals surface area contributed by atoms with Gasteiger partial charge in [0.1, 0.15) is 12.1 Å². The van der Waals surface area contributed by atoms with Crippen molar-refractivity contribution in [2.75, 3.05) is 19.7 Å². The summed E-state index contributed by atoms with van der Waals surface area (Å²) in [6.45, 7) is 1.60. The Bertz CT molecular complexity index is 813. The van der Waals surface area contributed by atoms with Gasteiger partial charge >= 0.3 is 0 Å². The van der Waals surface area contributed by atoms with Gasteiger partial charge in [0.2, 0.25) is 17.7 Å². The van der Waals surface area contributed by atoms with Crippen LogP contribution in [0.5, 0.6) is 0 Å². The second kappa shape index (κ2) is 21.3. The highest BCUT2D eigenvalue weighted by molar-refractivity contribution is 5.92. The van der Waals surface area contributed by atoms with Crippen molar-refractivity contribution < 1.29 is 19.5 Å². The second-order valence-corrected chi connectivity index (χ2v) is 11.3. The molecule has 0 unspecified atom stereocenters. The summed E-state index contributed by atoms with van der Waals surface area (Å²) in [4.78, 5) is 42.2. The van der Waals surface area contributed by atoms with E-state index in [1.807, 2.05) is 12.5 Å². The van der Waals surface area contributed by atoms with Gasteiger partial charge in [-0.1, -0.05) is 64.2 Å². The summed E-state index contributed by atoms with van der Waals surface area (Å²) in [5.41, 5.74) is 5.61. The lowest BCUT2D eigenvalue weighted by molar-refractivity contribution is -0.133. The monoisotopic (exact) mass is 562 g/mol. The van der Waals surface area contributed by atoms with E-state index in [0.29, 0.717) is 38.3 Å². The van der Waals surface area contributed by atoms with Gasteiger partial charge in [-0.25, -0.2) is 4.98 Å². The van der Waals surface area contributed by atoms with E-state index >= 15 is 0 Å². The van der Waals surface area contributed by atoms with Crippen LogP contribution in [-0.4, -0.2) is 64.2 Å². The van der Waals surface area contributed by atoms with Crippen molar-refractivity contribution in [3.8, 4) is 0 Å². The maximum atomic E-state index is 12.9. The van der Waals surface area contributed by atoms with Gasteiger partial charge in [0.05, 0.1) is 12.9 Å². The summed E-state index contributed by atoms with van der Waals surface area (Å²) >= 11 is 0. The first kappa shape index (κ1) is 33.7. The number of nitrogens with two attached hydrogens (primary N) is 1. The smallest absolute Gasteiger partial charge is 0.245 e. The largest absolute Gasteiger partial charge is 0.394 e. The number of nitrogens with one attached hydrogen (secondary N) is 3. The van der Waals surface area contributed by atoms with E-state index in [2.05, 4.69) is 25.5 Å². The summed E-state index contributed by atoms with van der Waals surface area (Å²) in [6, 6.07) is -1.79. The van der Waals surface area contributed by atoms with Crippen LogP contribution in [0.1, 0.15) is 109 Å². The van der Waals surface area contributed by atoms with Crippen molar-refractivity contribution in [3.63, 3.8) is 0 Å². The Morgan fingerprint density at radius 3 is 2.30 bits per heavy atom. The number of imidazole rings is 1. The standard InChI is InChI=1S/C30H54N6O4/c31-18-11-10-15-26(29(39)33-19-17-25-13-7-6-8-14-25)35-30(40)27(23-37)34-28(38)16-9-4-2-1-3-5-12-21-36-22-20-32-24-36/h20,22,24-27,37H,1-19,21,23,31H2,(H,33,39)(H,34,38)(H,35,40)/t26-,27-/m0/s1. The van der Waals surface area contributed by atoms with E-state index in [1.165, 1.54) is 44.9 Å². The summed E-state index contributed by atoms with van der Waals surface area (Å²) in [5.74, 6) is -0.351. The number of aromatic nitrogens is 2. The average molecular weight is 563 g/mol. The highest BCUT2D eigenvalue weighted by Gasteiger charge is 2.26. The molecule has 10 heteroatoms. The van der Waals surface area contributed by atoms with Gasteiger partial charge in [0.15, 0.2) is 0 Å². The molecular formula is C30H54N6O4. The lowest BCUT2D eigenvalue weighted by Gasteiger charge is -2.24. The van der Waals surface area contributed by atoms with Crippen LogP contribution in [0.3, 0.4) is 0 Å². The van der Waals surface area contributed by atoms with Crippen LogP contribution < -0.4 is 21.7 Å². The quantitative estimate of drug-likeness (QED) is 0.137. The number of aryl methyl sites for hydroxylation is 1. The fourth-order valence-corrected chi connectivity index (χ4v) is 5.38. The molecule has 0 saturated heterocycles. The van der Waals surface area contributed by atoms with E-state index in [-0.39, 0.29) is 11.8 Å². The van der Waals surface area contributed by atoms with Crippen LogP contribution in [0.15, 0.2) is 18.7 Å². The molecule has 1 aliphatic carbocycles. The van der Waals surface area contributed by atoms with Crippen LogP contribution in [0.2, 0.25) is 0 Å². The summed E-state index contributed by atoms with van der Waals surface area (Å²) in [6.07, 6.45) is 22.5. The van der Waals surface area contributed by atoms with Gasteiger partial charge in [-0.15, -0.1) is 0 Å². The van der Waals surface area contributed by atoms with Gasteiger partial charge in [-0.05, 0) is 51.0 Å². The predicted molar refractivity (Wildman–Crippen MR) is 157 cm³/mol. The molecule has 1 aliphatic rings. The van der Waals surface area contributed by atoms with Gasteiger partial charge in [-0.2, -0.15) is 0 Å². The third kappa shape index (κ3) is 14.8. The minimum atomic E-state index is -1.07. The molecule has 1 heterocycles. The Morgan fingerprint density at radius 1 is 0.900 bits per heavy atom. The van der Waals surface area contributed by atoms with Crippen LogP contribution in [0.25, 0.3) is 0 Å². The number of hydrogen-bond donors (Lipinski definition) is 5. The summed E-state index contributed by atoms with van der Waals surface area (Å²) < 4.78 is 2.09. The number of rotatable bonds is 22. The Labute approximate surface area is 240 Å². The van der Waals surface area contributed by atoms with E-state index in [1.54, 1.807) is 6.20 Å². The molecule has 1 fully saturated rings. The highest BCUT2D eigenvalue weighted by Crippen LogP contribution is 2.25. The average Bonchev–Trinajstić information content (AvgIpc) is 3.48. The number of carbonyl (C=O) groups excluding carboxylic acids is 3. The zero-order valence-corrected chi connectivity index (χ0v) is 24.5. The molecule has 0 radical (unpaired) electrons. The Balaban J connectivity index is 1.63. The molecule has 0 aliphatic heterocycles. The molecule has 0 bridgehead atoms. The van der Waals surface area contributed by atoms with E-state index in [0.717, 1.165) is 51.5 Å². The molecule has 2 rings (SSSR count). The van der Waals surface area contributed by atoms with E-state index < -0.39 is 24.6 Å². The first-order chi connectivity index (χ1) is 19.5. The normalized spacial score (nSPS) is 15.3. The first-order valence-electron chi connectivity index (χ1n) is 15.7. The van der Waals surface area contributed by atoms with Crippen LogP contribution in [0, 0.1) is 5.92 Å². The van der Waals surface area contributed by atoms with Crippen LogP contribution >= 0.6 is 0 Å². The SMILES string of the molecule is NCCCC[C@H](NC(=O)[C@H](CO)NC(=O)CCCCCCCCCn1ccnc1)C(=O)NCCC1CCCCC1. The molecule has 2 atom stereocenters. The lowest BCUT2D eigenvalue weighted by atomic mass is 9.87. The Hall–Kier alpha value is -2.46. The fraction of sp³-hybridized carbons (Fsp3) is 0.800. The third-order valence-electron chi connectivity index (χ3n) is 7.87. The molecule has 40 heavy (non-hydrogen) atoms. The first-order valence-corrected chi connectivity index (χ1v) is 15.7. The van der Waals surface area contributed by atoms with Gasteiger partial charge < -0.3 is 31.4 Å². The Kier molecular flexibility index (Phi) is 18.0. The van der Waals surface area contributed by atoms with Crippen molar-refractivity contribution in [1.29, 1.82) is 0 Å². The van der Waals surface area contributed by atoms with Gasteiger partial charge in [0.25, 0.3) is 0 Å². The molecule has 1 saturated carbocycles. The van der Waals surface area contributed by atoms with E-state index in [4.69, 9.17) is 5.73 Å². The van der Waals surface area contributed by atoms with Crippen molar-refractivity contribution in [2.24, 2.45) is 11.7 Å². The number of unbranched alkanes of at least 4 members (excludes halogenated alkanes) is 7. The lowest BCUT2D eigenvalue weighted by Crippen LogP contribution is -2.55. The third-order valence-corrected chi connectivity index (χ3v) is 7.87. The van der Waals surface area contributed by atoms with Crippen molar-refractivity contribution >= 4 is 17.7 Å². The van der Waals surface area contributed by atoms with Crippen molar-refractivity contribution in [3.05, 3.63) is 18.7 Å². The molecule has 10 nitrogen and oxygen atoms in total. The molecule has 3 amide bonds. The minimum absolute atomic E-state index is 0.217. The van der Waals surface area contributed by atoms with Gasteiger partial charge in [0, 0.05) is 31.9 Å². The van der Waals surface area contributed by atoms with Crippen molar-refractivity contribution in [2.45, 2.75) is 128 Å². The van der Waals surface area contributed by atoms with Crippen LogP contribution in [-0.2, 0) is 20.9 Å². The van der Waals surface area contributed by atoms with E-state index in [9.17, 15) is 19.5 Å². The number of aliphatic hydroxyl groups excluding tert-OH is 1. The molecule has 0 aromatic carbocycles. The number of carbonyl (C=O) groups is 3. The molecule has 6 N–H and O–H groups in total. The molecule has 228 valence electrons. The molecule has 1 aromatic rings. The zero-order valence-electron chi connectivity index (χ0n) is 24.5. The highest BCUT2D eigenvalue weighted by atomic mass is 16.3. The second-order valence-electron chi connectivity index (χ2n) is 11.3. The number of amides is 3. The maximum absolute atomic E-state index is 12.9. The Morgan fingerprint density at radius 2 is 1.62 bits per heavy atom. The summed E-state index contributed by atoms with van der Waals surface area (Å²) in [5, 5.41) is 18.2. The molecular weight excluding hydrogens is 508 g/mol. The summed E-state index contributed by atoms with van der Waals surface area (Å²) in [7, 11) is 0. The zero-order chi connectivity index (χ0) is 28.8.